The smallest absolute Gasteiger partial charge is 0.471 e. The van der Waals surface area contributed by atoms with Gasteiger partial charge >= 0.3 is 30.2 Å². The number of carboxylic acid groups (broad SMARTS) is 1. The molecule has 4 atom stereocenters. The summed E-state index contributed by atoms with van der Waals surface area (Å²) in [5, 5.41) is 22.2. The molecule has 0 spiro atoms. The van der Waals surface area contributed by atoms with E-state index in [1.165, 1.54) is 59.6 Å². The van der Waals surface area contributed by atoms with Crippen LogP contribution in [0.25, 0.3) is 11.1 Å². The highest BCUT2D eigenvalue weighted by Crippen LogP contribution is 2.43. The number of alkyl halides is 3. The Morgan fingerprint density at radius 1 is 0.684 bits per heavy atom. The van der Waals surface area contributed by atoms with Gasteiger partial charge in [-0.25, -0.2) is 14.4 Å². The molecule has 0 radical (unpaired) electrons. The average Bonchev–Trinajstić information content (AvgIpc) is 3.88. The predicted molar refractivity (Wildman–Crippen MR) is 289 cm³/mol. The topological polar surface area (TPSA) is 204 Å². The summed E-state index contributed by atoms with van der Waals surface area (Å²) in [4.78, 5) is 72.9. The van der Waals surface area contributed by atoms with Crippen LogP contribution in [0, 0.1) is 11.8 Å². The number of alkyl carbamates (subject to hydrolysis) is 2. The summed E-state index contributed by atoms with van der Waals surface area (Å²) in [6, 6.07) is 16.2. The largest absolute Gasteiger partial charge is 0.480 e. The molecule has 15 nitrogen and oxygen atoms in total. The van der Waals surface area contributed by atoms with Gasteiger partial charge in [-0.3, -0.25) is 14.4 Å². The number of rotatable bonds is 18. The molecule has 2 aromatic carbocycles. The van der Waals surface area contributed by atoms with Gasteiger partial charge < -0.3 is 46.1 Å². The van der Waals surface area contributed by atoms with Crippen LogP contribution in [0.4, 0.5) is 22.8 Å². The van der Waals surface area contributed by atoms with Gasteiger partial charge in [-0.1, -0.05) is 76.2 Å². The van der Waals surface area contributed by atoms with E-state index < -0.39 is 53.5 Å². The number of fused-ring (bicyclic) bond motifs is 4. The lowest BCUT2D eigenvalue weighted by atomic mass is 9.87. The van der Waals surface area contributed by atoms with Gasteiger partial charge in [0.25, 0.3) is 0 Å². The fourth-order valence-electron chi connectivity index (χ4n) is 10.0. The maximum Gasteiger partial charge on any atom is 0.471 e. The minimum atomic E-state index is -4.94. The molecule has 6 rings (SSSR count). The molecule has 2 aromatic rings. The van der Waals surface area contributed by atoms with Gasteiger partial charge in [0.1, 0.15) is 23.3 Å². The van der Waals surface area contributed by atoms with Gasteiger partial charge in [0, 0.05) is 32.6 Å². The summed E-state index contributed by atoms with van der Waals surface area (Å²) < 4.78 is 46.2. The van der Waals surface area contributed by atoms with E-state index >= 15 is 0 Å². The Kier molecular flexibility index (Phi) is 23.5. The van der Waals surface area contributed by atoms with Gasteiger partial charge in [0.15, 0.2) is 0 Å². The first kappa shape index (κ1) is 62.6. The Bertz CT molecular complexity index is 2390. The summed E-state index contributed by atoms with van der Waals surface area (Å²) in [6.07, 6.45) is 2.11. The SMILES string of the molecule is CC(=O)NCCCC[C@H](NC(=O)OC(C)(C)C)C(=O)N1CCC2=C(Cc3ccccc32)C1CC(C)C.CC(C)(C)OC(=O)N[C@@H](CCCCNC(=O)C(F)(F)F)C(=O)O.CC(C)CC1NCCC2=C1Cc1ccccc12. The van der Waals surface area contributed by atoms with Crippen LogP contribution >= 0.6 is 0 Å². The van der Waals surface area contributed by atoms with E-state index in [1.54, 1.807) is 37.2 Å². The first-order valence-electron chi connectivity index (χ1n) is 27.0. The van der Waals surface area contributed by atoms with Crippen molar-refractivity contribution < 1.29 is 56.5 Å². The zero-order valence-electron chi connectivity index (χ0n) is 46.7. The molecule has 6 N–H and O–H groups in total. The number of nitrogens with one attached hydrogen (secondary N) is 5. The summed E-state index contributed by atoms with van der Waals surface area (Å²) in [7, 11) is 0. The van der Waals surface area contributed by atoms with Crippen molar-refractivity contribution in [2.45, 2.75) is 195 Å². The van der Waals surface area contributed by atoms with Crippen LogP contribution in [0.3, 0.4) is 0 Å². The fraction of sp³-hybridized carbons (Fsp3) is 0.621. The zero-order valence-corrected chi connectivity index (χ0v) is 46.7. The number of aliphatic carboxylic acids is 1. The minimum Gasteiger partial charge on any atom is -0.480 e. The van der Waals surface area contributed by atoms with Crippen LogP contribution in [0.1, 0.15) is 163 Å². The summed E-state index contributed by atoms with van der Waals surface area (Å²) in [5.74, 6) is -2.25. The van der Waals surface area contributed by atoms with E-state index in [4.69, 9.17) is 14.6 Å². The average molecular weight is 1070 g/mol. The van der Waals surface area contributed by atoms with Crippen LogP contribution in [-0.2, 0) is 41.5 Å². The van der Waals surface area contributed by atoms with E-state index in [9.17, 15) is 41.9 Å². The summed E-state index contributed by atoms with van der Waals surface area (Å²) >= 11 is 0. The molecule has 0 saturated carbocycles. The number of hydrogen-bond donors (Lipinski definition) is 6. The monoisotopic (exact) mass is 1070 g/mol. The number of nitrogens with zero attached hydrogens (tertiary/aromatic N) is 1. The van der Waals surface area contributed by atoms with Crippen molar-refractivity contribution in [2.24, 2.45) is 11.8 Å². The van der Waals surface area contributed by atoms with Gasteiger partial charge in [-0.15, -0.1) is 0 Å². The molecule has 0 fully saturated rings. The molecule has 422 valence electrons. The van der Waals surface area contributed by atoms with Crippen molar-refractivity contribution in [1.29, 1.82) is 0 Å². The maximum absolute atomic E-state index is 14.0. The number of unbranched alkanes of at least 4 members (excludes halogenated alkanes) is 2. The first-order valence-corrected chi connectivity index (χ1v) is 27.0. The van der Waals surface area contributed by atoms with E-state index in [-0.39, 0.29) is 43.7 Å². The van der Waals surface area contributed by atoms with Crippen LogP contribution in [0.15, 0.2) is 59.7 Å². The Hall–Kier alpha value is -5.91. The summed E-state index contributed by atoms with van der Waals surface area (Å²) in [6.45, 7) is 22.9. The van der Waals surface area contributed by atoms with Crippen LogP contribution < -0.4 is 26.6 Å². The van der Waals surface area contributed by atoms with Crippen LogP contribution in [0.2, 0.25) is 0 Å². The number of benzene rings is 2. The second kappa shape index (κ2) is 28.5. The normalized spacial score (nSPS) is 17.6. The third-order valence-corrected chi connectivity index (χ3v) is 13.2. The molecule has 18 heteroatoms. The highest BCUT2D eigenvalue weighted by Gasteiger charge is 2.40. The lowest BCUT2D eigenvalue weighted by molar-refractivity contribution is -0.173. The standard InChI is InChI=1S/C29H43N3O4.C16H21N.C13H21F3N2O5/c1-19(2)17-26-24-18-21-11-7-8-12-22(21)23(24)14-16-32(26)27(34)25(13-9-10-15-30-20(3)33)31-28(35)36-29(4,5)6;1-11(2)9-16-15-10-12-5-3-4-6-13(12)14(15)7-8-17-16;1-12(2,3)23-11(22)18-8(9(19)20)6-4-5-7-17-10(21)13(14,15)16/h7-8,11-12,19,25-26H,9-10,13-18H2,1-6H3,(H,30,33)(H,31,35);3-6,11,16-17H,7-10H2,1-2H3;8H,4-7H2,1-3H3,(H,17,21)(H,18,22)(H,19,20)/t25-,26?;;8-/m0.0/s1. The summed E-state index contributed by atoms with van der Waals surface area (Å²) in [5.41, 5.74) is 10.4. The molecule has 4 aliphatic rings. The van der Waals surface area contributed by atoms with E-state index in [1.807, 2.05) is 25.7 Å². The third-order valence-electron chi connectivity index (χ3n) is 13.2. The quantitative estimate of drug-likeness (QED) is 0.0780. The Morgan fingerprint density at radius 2 is 1.17 bits per heavy atom. The van der Waals surface area contributed by atoms with Crippen molar-refractivity contribution in [3.63, 3.8) is 0 Å². The zero-order chi connectivity index (χ0) is 56.5. The Morgan fingerprint density at radius 3 is 1.67 bits per heavy atom. The Labute approximate surface area is 448 Å². The molecular weight excluding hydrogens is 982 g/mol. The lowest BCUT2D eigenvalue weighted by Gasteiger charge is -2.40. The molecule has 76 heavy (non-hydrogen) atoms. The van der Waals surface area contributed by atoms with Gasteiger partial charge in [0.2, 0.25) is 11.8 Å². The lowest BCUT2D eigenvalue weighted by Crippen LogP contribution is -2.54. The van der Waals surface area contributed by atoms with Crippen molar-refractivity contribution in [3.8, 4) is 0 Å². The highest BCUT2D eigenvalue weighted by atomic mass is 19.4. The number of carbonyl (C=O) groups is 6. The minimum absolute atomic E-state index is 0.00351. The number of amides is 5. The number of ether oxygens (including phenoxy) is 2. The molecule has 0 bridgehead atoms. The van der Waals surface area contributed by atoms with Gasteiger partial charge in [-0.05, 0) is 182 Å². The van der Waals surface area contributed by atoms with Crippen LogP contribution in [-0.4, -0.2) is 114 Å². The number of carbonyl (C=O) groups excluding carboxylic acids is 5. The molecule has 2 heterocycles. The Balaban J connectivity index is 0.000000267. The fourth-order valence-corrected chi connectivity index (χ4v) is 10.0. The van der Waals surface area contributed by atoms with Gasteiger partial charge in [-0.2, -0.15) is 13.2 Å². The molecule has 2 aliphatic heterocycles. The molecule has 5 amide bonds. The second-order valence-electron chi connectivity index (χ2n) is 23.0. The second-order valence-corrected chi connectivity index (χ2v) is 23.0. The molecular formula is C58H85F3N6O9. The molecule has 2 unspecified atom stereocenters. The van der Waals surface area contributed by atoms with Crippen molar-refractivity contribution in [1.82, 2.24) is 31.5 Å². The number of hydrogen-bond acceptors (Lipinski definition) is 9. The van der Waals surface area contributed by atoms with Crippen molar-refractivity contribution in [2.75, 3.05) is 26.2 Å². The molecule has 2 aliphatic carbocycles. The number of halogens is 3. The molecule has 0 saturated heterocycles. The molecule has 0 aromatic heterocycles. The predicted octanol–water partition coefficient (Wildman–Crippen LogP) is 10.1. The first-order chi connectivity index (χ1) is 35.5. The van der Waals surface area contributed by atoms with Crippen molar-refractivity contribution in [3.05, 3.63) is 81.9 Å². The van der Waals surface area contributed by atoms with E-state index in [0.29, 0.717) is 37.9 Å². The third kappa shape index (κ3) is 20.2. The van der Waals surface area contributed by atoms with E-state index in [0.717, 1.165) is 38.1 Å². The maximum atomic E-state index is 14.0. The van der Waals surface area contributed by atoms with E-state index in [2.05, 4.69) is 97.5 Å². The highest BCUT2D eigenvalue weighted by molar-refractivity contribution is 5.88. The van der Waals surface area contributed by atoms with Crippen molar-refractivity contribution >= 4 is 47.0 Å². The van der Waals surface area contributed by atoms with Gasteiger partial charge in [0.05, 0.1) is 6.04 Å². The number of carboxylic acids is 1. The van der Waals surface area contributed by atoms with Crippen LogP contribution in [0.5, 0.6) is 0 Å².